The molecule has 0 atom stereocenters. The zero-order valence-electron chi connectivity index (χ0n) is 11.3. The molecule has 0 spiro atoms. The number of hydrogen-bond acceptors (Lipinski definition) is 3. The largest absolute Gasteiger partial charge is 0.573 e. The van der Waals surface area contributed by atoms with Gasteiger partial charge < -0.3 is 14.8 Å². The Kier molecular flexibility index (Phi) is 4.88. The summed E-state index contributed by atoms with van der Waals surface area (Å²) in [6, 6.07) is 13.6. The lowest BCUT2D eigenvalue weighted by Crippen LogP contribution is -2.20. The number of rotatable bonds is 5. The normalized spacial score (nSPS) is 10.9. The van der Waals surface area contributed by atoms with Crippen molar-refractivity contribution in [3.63, 3.8) is 0 Å². The van der Waals surface area contributed by atoms with Crippen LogP contribution in [-0.4, -0.2) is 18.9 Å². The Morgan fingerprint density at radius 1 is 0.955 bits per heavy atom. The van der Waals surface area contributed by atoms with Gasteiger partial charge in [0.25, 0.3) is 5.91 Å². The first-order chi connectivity index (χ1) is 10.4. The van der Waals surface area contributed by atoms with Crippen LogP contribution in [0.4, 0.5) is 18.9 Å². The third-order valence-electron chi connectivity index (χ3n) is 2.48. The third kappa shape index (κ3) is 5.35. The molecule has 1 N–H and O–H groups in total. The Hall–Kier alpha value is -2.70. The monoisotopic (exact) mass is 311 g/mol. The SMILES string of the molecule is O=C(COc1ccccc1)Nc1ccc(OC(F)(F)F)cc1. The Morgan fingerprint density at radius 3 is 2.18 bits per heavy atom. The Balaban J connectivity index is 1.84. The van der Waals surface area contributed by atoms with Gasteiger partial charge >= 0.3 is 6.36 Å². The minimum atomic E-state index is -4.74. The molecule has 2 rings (SSSR count). The van der Waals surface area contributed by atoms with Crippen molar-refractivity contribution in [2.75, 3.05) is 11.9 Å². The molecule has 2 aromatic rings. The summed E-state index contributed by atoms with van der Waals surface area (Å²) in [6.45, 7) is -0.204. The molecule has 1 amide bonds. The van der Waals surface area contributed by atoms with Crippen LogP contribution in [0.2, 0.25) is 0 Å². The van der Waals surface area contributed by atoms with Gasteiger partial charge in [0.15, 0.2) is 6.61 Å². The lowest BCUT2D eigenvalue weighted by atomic mass is 10.3. The molecule has 0 unspecified atom stereocenters. The summed E-state index contributed by atoms with van der Waals surface area (Å²) in [5, 5.41) is 2.50. The maximum Gasteiger partial charge on any atom is 0.573 e. The van der Waals surface area contributed by atoms with Gasteiger partial charge in [-0.25, -0.2) is 0 Å². The van der Waals surface area contributed by atoms with Gasteiger partial charge in [-0.2, -0.15) is 0 Å². The summed E-state index contributed by atoms with van der Waals surface area (Å²) in [4.78, 5) is 11.7. The third-order valence-corrected chi connectivity index (χ3v) is 2.48. The molecule has 22 heavy (non-hydrogen) atoms. The number of para-hydroxylation sites is 1. The first kappa shape index (κ1) is 15.7. The van der Waals surface area contributed by atoms with Crippen molar-refractivity contribution in [2.24, 2.45) is 0 Å². The number of anilines is 1. The predicted molar refractivity (Wildman–Crippen MR) is 73.7 cm³/mol. The molecule has 0 bridgehead atoms. The highest BCUT2D eigenvalue weighted by Crippen LogP contribution is 2.23. The van der Waals surface area contributed by atoms with Gasteiger partial charge in [0.05, 0.1) is 0 Å². The summed E-state index contributed by atoms with van der Waals surface area (Å²) < 4.78 is 45.0. The summed E-state index contributed by atoms with van der Waals surface area (Å²) in [5.74, 6) is -0.231. The molecule has 0 aromatic heterocycles. The maximum atomic E-state index is 12.0. The first-order valence-corrected chi connectivity index (χ1v) is 6.26. The molecular formula is C15H12F3NO3. The van der Waals surface area contributed by atoms with Crippen molar-refractivity contribution in [1.29, 1.82) is 0 Å². The van der Waals surface area contributed by atoms with Crippen molar-refractivity contribution < 1.29 is 27.4 Å². The number of carbonyl (C=O) groups is 1. The second-order valence-electron chi connectivity index (χ2n) is 4.22. The highest BCUT2D eigenvalue weighted by atomic mass is 19.4. The number of alkyl halides is 3. The molecular weight excluding hydrogens is 299 g/mol. The average molecular weight is 311 g/mol. The van der Waals surface area contributed by atoms with E-state index >= 15 is 0 Å². The zero-order chi connectivity index (χ0) is 16.0. The summed E-state index contributed by atoms with van der Waals surface area (Å²) in [6.07, 6.45) is -4.74. The van der Waals surface area contributed by atoms with E-state index in [1.54, 1.807) is 24.3 Å². The van der Waals surface area contributed by atoms with E-state index in [0.29, 0.717) is 11.4 Å². The number of amides is 1. The van der Waals surface area contributed by atoms with E-state index in [0.717, 1.165) is 12.1 Å². The van der Waals surface area contributed by atoms with Gasteiger partial charge in [-0.3, -0.25) is 4.79 Å². The molecule has 0 aliphatic rings. The van der Waals surface area contributed by atoms with Crippen molar-refractivity contribution in [3.05, 3.63) is 54.6 Å². The first-order valence-electron chi connectivity index (χ1n) is 6.26. The molecule has 0 fully saturated rings. The number of benzene rings is 2. The Labute approximate surface area is 124 Å². The second kappa shape index (κ2) is 6.84. The maximum absolute atomic E-state index is 12.0. The smallest absolute Gasteiger partial charge is 0.484 e. The molecule has 0 saturated heterocycles. The van der Waals surface area contributed by atoms with Crippen LogP contribution >= 0.6 is 0 Å². The Bertz CT molecular complexity index is 612. The summed E-state index contributed by atoms with van der Waals surface area (Å²) >= 11 is 0. The highest BCUT2D eigenvalue weighted by Gasteiger charge is 2.30. The molecule has 0 saturated carbocycles. The van der Waals surface area contributed by atoms with Gasteiger partial charge in [-0.05, 0) is 36.4 Å². The fourth-order valence-corrected chi connectivity index (χ4v) is 1.60. The van der Waals surface area contributed by atoms with Gasteiger partial charge in [0.2, 0.25) is 0 Å². The molecule has 0 radical (unpaired) electrons. The topological polar surface area (TPSA) is 47.6 Å². The van der Waals surface area contributed by atoms with Crippen molar-refractivity contribution in [3.8, 4) is 11.5 Å². The van der Waals surface area contributed by atoms with Gasteiger partial charge in [-0.1, -0.05) is 18.2 Å². The Morgan fingerprint density at radius 2 is 1.59 bits per heavy atom. The molecule has 0 aliphatic carbocycles. The lowest BCUT2D eigenvalue weighted by molar-refractivity contribution is -0.274. The fourth-order valence-electron chi connectivity index (χ4n) is 1.60. The predicted octanol–water partition coefficient (Wildman–Crippen LogP) is 3.60. The van der Waals surface area contributed by atoms with Crippen LogP contribution in [0.5, 0.6) is 11.5 Å². The van der Waals surface area contributed by atoms with E-state index in [1.807, 2.05) is 6.07 Å². The molecule has 4 nitrogen and oxygen atoms in total. The molecule has 0 heterocycles. The van der Waals surface area contributed by atoms with Crippen molar-refractivity contribution >= 4 is 11.6 Å². The number of ether oxygens (including phenoxy) is 2. The highest BCUT2D eigenvalue weighted by molar-refractivity contribution is 5.91. The van der Waals surface area contributed by atoms with E-state index in [4.69, 9.17) is 4.74 Å². The van der Waals surface area contributed by atoms with Crippen LogP contribution in [0, 0.1) is 0 Å². The van der Waals surface area contributed by atoms with Crippen LogP contribution in [0.25, 0.3) is 0 Å². The number of hydrogen-bond donors (Lipinski definition) is 1. The number of nitrogens with one attached hydrogen (secondary N) is 1. The minimum Gasteiger partial charge on any atom is -0.484 e. The molecule has 116 valence electrons. The average Bonchev–Trinajstić information content (AvgIpc) is 2.47. The van der Waals surface area contributed by atoms with Crippen molar-refractivity contribution in [1.82, 2.24) is 0 Å². The zero-order valence-corrected chi connectivity index (χ0v) is 11.3. The standard InChI is InChI=1S/C15H12F3NO3/c16-15(17,18)22-13-8-6-11(7-9-13)19-14(20)10-21-12-4-2-1-3-5-12/h1-9H,10H2,(H,19,20). The minimum absolute atomic E-state index is 0.204. The van der Waals surface area contributed by atoms with E-state index < -0.39 is 12.3 Å². The second-order valence-corrected chi connectivity index (χ2v) is 4.22. The van der Waals surface area contributed by atoms with E-state index in [1.165, 1.54) is 12.1 Å². The van der Waals surface area contributed by atoms with Crippen LogP contribution in [0.15, 0.2) is 54.6 Å². The van der Waals surface area contributed by atoms with Crippen LogP contribution in [-0.2, 0) is 4.79 Å². The van der Waals surface area contributed by atoms with E-state index in [2.05, 4.69) is 10.1 Å². The molecule has 7 heteroatoms. The summed E-state index contributed by atoms with van der Waals surface area (Å²) in [5.41, 5.74) is 0.344. The van der Waals surface area contributed by atoms with Gasteiger partial charge in [0.1, 0.15) is 11.5 Å². The number of carbonyl (C=O) groups excluding carboxylic acids is 1. The lowest BCUT2D eigenvalue weighted by Gasteiger charge is -2.10. The fraction of sp³-hybridized carbons (Fsp3) is 0.133. The van der Waals surface area contributed by atoms with Crippen molar-refractivity contribution in [2.45, 2.75) is 6.36 Å². The van der Waals surface area contributed by atoms with Crippen LogP contribution < -0.4 is 14.8 Å². The molecule has 0 aliphatic heterocycles. The van der Waals surface area contributed by atoms with Gasteiger partial charge in [0, 0.05) is 5.69 Å². The summed E-state index contributed by atoms with van der Waals surface area (Å²) in [7, 11) is 0. The van der Waals surface area contributed by atoms with E-state index in [-0.39, 0.29) is 12.4 Å². The van der Waals surface area contributed by atoms with Gasteiger partial charge in [-0.15, -0.1) is 13.2 Å². The van der Waals surface area contributed by atoms with Crippen LogP contribution in [0.3, 0.4) is 0 Å². The molecule has 2 aromatic carbocycles. The van der Waals surface area contributed by atoms with E-state index in [9.17, 15) is 18.0 Å². The van der Waals surface area contributed by atoms with Crippen LogP contribution in [0.1, 0.15) is 0 Å². The quantitative estimate of drug-likeness (QED) is 0.917. The number of halogens is 3.